The van der Waals surface area contributed by atoms with Crippen molar-refractivity contribution in [3.63, 3.8) is 0 Å². The Labute approximate surface area is 224 Å². The smallest absolute Gasteiger partial charge is 0.227 e. The minimum Gasteiger partial charge on any atom is -0.440 e. The third kappa shape index (κ3) is 3.51. The van der Waals surface area contributed by atoms with Gasteiger partial charge in [0.2, 0.25) is 11.6 Å². The fourth-order valence-corrected chi connectivity index (χ4v) is 5.56. The average molecular weight is 506 g/mol. The van der Waals surface area contributed by atoms with E-state index >= 15 is 0 Å². The van der Waals surface area contributed by atoms with E-state index in [-0.39, 0.29) is 0 Å². The van der Waals surface area contributed by atoms with Crippen LogP contribution in [0, 0.1) is 0 Å². The van der Waals surface area contributed by atoms with Gasteiger partial charge in [0.25, 0.3) is 0 Å². The summed E-state index contributed by atoms with van der Waals surface area (Å²) < 4.78 is 12.3. The van der Waals surface area contributed by atoms with Crippen LogP contribution in [0.5, 0.6) is 0 Å². The maximum Gasteiger partial charge on any atom is 0.227 e. The Hall–Kier alpha value is -5.29. The van der Waals surface area contributed by atoms with Crippen LogP contribution in [0.15, 0.2) is 124 Å². The Morgan fingerprint density at radius 3 is 2.49 bits per heavy atom. The second-order valence-corrected chi connectivity index (χ2v) is 9.67. The molecule has 7 aromatic rings. The first kappa shape index (κ1) is 21.8. The van der Waals surface area contributed by atoms with Crippen molar-refractivity contribution in [3.8, 4) is 11.1 Å². The molecule has 0 radical (unpaired) electrons. The molecule has 5 nitrogen and oxygen atoms in total. The Morgan fingerprint density at radius 1 is 0.692 bits per heavy atom. The first-order valence-corrected chi connectivity index (χ1v) is 13.0. The summed E-state index contributed by atoms with van der Waals surface area (Å²) in [6.07, 6.45) is 6.02. The van der Waals surface area contributed by atoms with Crippen molar-refractivity contribution in [1.29, 1.82) is 0 Å². The molecule has 0 aliphatic carbocycles. The molecule has 3 aromatic heterocycles. The zero-order valence-corrected chi connectivity index (χ0v) is 21.0. The maximum absolute atomic E-state index is 6.19. The van der Waals surface area contributed by atoms with Crippen molar-refractivity contribution in [2.24, 2.45) is 0 Å². The van der Waals surface area contributed by atoms with Gasteiger partial charge in [-0.3, -0.25) is 0 Å². The van der Waals surface area contributed by atoms with Gasteiger partial charge < -0.3 is 19.1 Å². The number of benzene rings is 4. The summed E-state index contributed by atoms with van der Waals surface area (Å²) >= 11 is 0. The van der Waals surface area contributed by atoms with Crippen molar-refractivity contribution in [2.75, 3.05) is 16.8 Å². The lowest BCUT2D eigenvalue weighted by molar-refractivity contribution is 0.628. The molecular formula is C34H23N3O2. The topological polar surface area (TPSA) is 54.4 Å². The number of anilines is 4. The van der Waals surface area contributed by atoms with E-state index in [4.69, 9.17) is 8.83 Å². The van der Waals surface area contributed by atoms with Crippen LogP contribution in [-0.2, 0) is 0 Å². The molecule has 0 fully saturated rings. The Morgan fingerprint density at radius 2 is 1.54 bits per heavy atom. The minimum atomic E-state index is 0.645. The van der Waals surface area contributed by atoms with Crippen LogP contribution in [0.4, 0.5) is 22.9 Å². The van der Waals surface area contributed by atoms with Crippen molar-refractivity contribution in [3.05, 3.63) is 121 Å². The van der Waals surface area contributed by atoms with Gasteiger partial charge in [0.15, 0.2) is 0 Å². The summed E-state index contributed by atoms with van der Waals surface area (Å²) in [6, 6.07) is 35.8. The lowest BCUT2D eigenvalue weighted by atomic mass is 10.0. The molecule has 1 aliphatic heterocycles. The minimum absolute atomic E-state index is 0.645. The summed E-state index contributed by atoms with van der Waals surface area (Å²) in [4.78, 5) is 6.72. The fraction of sp³-hybridized carbons (Fsp3) is 0.0294. The van der Waals surface area contributed by atoms with Gasteiger partial charge in [0, 0.05) is 57.5 Å². The molecular weight excluding hydrogens is 482 g/mol. The van der Waals surface area contributed by atoms with Crippen LogP contribution < -0.4 is 10.2 Å². The molecule has 0 amide bonds. The van der Waals surface area contributed by atoms with E-state index in [1.807, 2.05) is 18.2 Å². The molecule has 0 saturated carbocycles. The van der Waals surface area contributed by atoms with E-state index in [0.717, 1.165) is 73.5 Å². The van der Waals surface area contributed by atoms with Crippen LogP contribution >= 0.6 is 0 Å². The van der Waals surface area contributed by atoms with E-state index < -0.39 is 0 Å². The van der Waals surface area contributed by atoms with Gasteiger partial charge in [-0.2, -0.15) is 0 Å². The molecule has 186 valence electrons. The van der Waals surface area contributed by atoms with Crippen molar-refractivity contribution in [1.82, 2.24) is 4.98 Å². The average Bonchev–Trinajstić information content (AvgIpc) is 3.56. The molecule has 8 rings (SSSR count). The summed E-state index contributed by atoms with van der Waals surface area (Å²) in [5.74, 6) is 0.817. The number of para-hydroxylation sites is 1. The lowest BCUT2D eigenvalue weighted by Crippen LogP contribution is -2.11. The van der Waals surface area contributed by atoms with Crippen molar-refractivity contribution >= 4 is 62.1 Å². The third-order valence-electron chi connectivity index (χ3n) is 7.35. The Kier molecular flexibility index (Phi) is 4.82. The normalized spacial score (nSPS) is 12.6. The maximum atomic E-state index is 6.19. The first-order chi connectivity index (χ1) is 19.3. The van der Waals surface area contributed by atoms with Gasteiger partial charge in [-0.15, -0.1) is 0 Å². The molecule has 4 aromatic carbocycles. The number of furan rings is 2. The number of hydrogen-bond acceptors (Lipinski definition) is 5. The molecule has 5 heteroatoms. The van der Waals surface area contributed by atoms with Gasteiger partial charge in [0.1, 0.15) is 11.2 Å². The van der Waals surface area contributed by atoms with Crippen LogP contribution in [0.2, 0.25) is 0 Å². The van der Waals surface area contributed by atoms with Crippen LogP contribution in [0.3, 0.4) is 0 Å². The van der Waals surface area contributed by atoms with Crippen LogP contribution in [-0.4, -0.2) is 11.5 Å². The van der Waals surface area contributed by atoms with Gasteiger partial charge >= 0.3 is 0 Å². The summed E-state index contributed by atoms with van der Waals surface area (Å²) in [5, 5.41) is 6.48. The van der Waals surface area contributed by atoms with Gasteiger partial charge in [-0.25, -0.2) is 4.98 Å². The zero-order chi connectivity index (χ0) is 25.8. The molecule has 0 atom stereocenters. The predicted molar refractivity (Wildman–Crippen MR) is 159 cm³/mol. The lowest BCUT2D eigenvalue weighted by Gasteiger charge is -2.28. The zero-order valence-electron chi connectivity index (χ0n) is 21.0. The van der Waals surface area contributed by atoms with E-state index in [1.165, 1.54) is 0 Å². The molecule has 0 bridgehead atoms. The molecule has 1 aliphatic rings. The largest absolute Gasteiger partial charge is 0.440 e. The van der Waals surface area contributed by atoms with Crippen LogP contribution in [0.1, 0.15) is 5.56 Å². The summed E-state index contributed by atoms with van der Waals surface area (Å²) in [5.41, 5.74) is 8.77. The van der Waals surface area contributed by atoms with Crippen molar-refractivity contribution in [2.45, 2.75) is 0 Å². The van der Waals surface area contributed by atoms with Gasteiger partial charge in [-0.05, 0) is 54.1 Å². The monoisotopic (exact) mass is 505 g/mol. The van der Waals surface area contributed by atoms with Crippen LogP contribution in [0.25, 0.3) is 50.2 Å². The highest BCUT2D eigenvalue weighted by molar-refractivity contribution is 6.05. The highest BCUT2D eigenvalue weighted by Gasteiger charge is 2.21. The van der Waals surface area contributed by atoms with E-state index in [9.17, 15) is 0 Å². The van der Waals surface area contributed by atoms with E-state index in [0.29, 0.717) is 5.71 Å². The quantitative estimate of drug-likeness (QED) is 0.258. The first-order valence-electron chi connectivity index (χ1n) is 13.0. The standard InChI is InChI=1S/C34H23N3O2/c1-2-8-22(9-3-1)25-10-4-5-13-30(25)37(23-15-17-31-29(20-23)28-12-7-19-36-34(28)38-31)24-14-16-26-27-11-6-18-35-33(27)39-32(26)21-24/h1-18,20-21,36H,19H2. The number of aromatic nitrogens is 1. The second-order valence-electron chi connectivity index (χ2n) is 9.67. The number of hydrogen-bond donors (Lipinski definition) is 1. The molecule has 39 heavy (non-hydrogen) atoms. The summed E-state index contributed by atoms with van der Waals surface area (Å²) in [7, 11) is 0. The van der Waals surface area contributed by atoms with E-state index in [2.05, 4.69) is 112 Å². The molecule has 0 saturated heterocycles. The number of nitrogens with zero attached hydrogens (tertiary/aromatic N) is 2. The van der Waals surface area contributed by atoms with Gasteiger partial charge in [-0.1, -0.05) is 60.7 Å². The molecule has 0 spiro atoms. The third-order valence-corrected chi connectivity index (χ3v) is 7.35. The highest BCUT2D eigenvalue weighted by Crippen LogP contribution is 2.44. The SMILES string of the molecule is C1=Cc2c(oc3ccc(N(c4ccc5c(c4)oc4ncccc45)c4ccccc4-c4ccccc4)cc23)NC1. The Bertz CT molecular complexity index is 2030. The van der Waals surface area contributed by atoms with E-state index in [1.54, 1.807) is 6.20 Å². The predicted octanol–water partition coefficient (Wildman–Crippen LogP) is 9.30. The summed E-state index contributed by atoms with van der Waals surface area (Å²) in [6.45, 7) is 0.766. The Balaban J connectivity index is 1.38. The molecule has 0 unspecified atom stereocenters. The number of pyridine rings is 1. The molecule has 1 N–H and O–H groups in total. The van der Waals surface area contributed by atoms with Gasteiger partial charge in [0.05, 0.1) is 5.69 Å². The highest BCUT2D eigenvalue weighted by atomic mass is 16.4. The van der Waals surface area contributed by atoms with Crippen molar-refractivity contribution < 1.29 is 8.83 Å². The fourth-order valence-electron chi connectivity index (χ4n) is 5.56. The number of nitrogens with one attached hydrogen (secondary N) is 1. The number of fused-ring (bicyclic) bond motifs is 6. The molecule has 4 heterocycles. The number of rotatable bonds is 4. The second kappa shape index (κ2) is 8.64.